The lowest BCUT2D eigenvalue weighted by atomic mass is 10.4. The van der Waals surface area contributed by atoms with Gasteiger partial charge < -0.3 is 9.47 Å². The van der Waals surface area contributed by atoms with Crippen LogP contribution in [0.4, 0.5) is 0 Å². The van der Waals surface area contributed by atoms with Gasteiger partial charge in [-0.15, -0.1) is 0 Å². The number of benzene rings is 1. The summed E-state index contributed by atoms with van der Waals surface area (Å²) in [5, 5.41) is 0.517. The molecular formula is C12H14Cl2O4S. The first-order valence-electron chi connectivity index (χ1n) is 5.90. The van der Waals surface area contributed by atoms with Crippen LogP contribution in [0.15, 0.2) is 23.1 Å². The molecule has 0 bridgehead atoms. The fraction of sp³-hybridized carbons (Fsp3) is 0.500. The summed E-state index contributed by atoms with van der Waals surface area (Å²) in [4.78, 5) is 0.0532. The van der Waals surface area contributed by atoms with Crippen molar-refractivity contribution in [1.29, 1.82) is 0 Å². The van der Waals surface area contributed by atoms with Crippen LogP contribution in [0.1, 0.15) is 12.8 Å². The minimum atomic E-state index is -3.49. The van der Waals surface area contributed by atoms with E-state index in [9.17, 15) is 8.42 Å². The quantitative estimate of drug-likeness (QED) is 0.854. The summed E-state index contributed by atoms with van der Waals surface area (Å²) >= 11 is 11.7. The van der Waals surface area contributed by atoms with Crippen molar-refractivity contribution in [2.24, 2.45) is 0 Å². The molecule has 2 rings (SSSR count). The average Bonchev–Trinajstić information content (AvgIpc) is 2.40. The van der Waals surface area contributed by atoms with Gasteiger partial charge >= 0.3 is 0 Å². The zero-order valence-electron chi connectivity index (χ0n) is 10.1. The van der Waals surface area contributed by atoms with Gasteiger partial charge in [-0.1, -0.05) is 23.2 Å². The van der Waals surface area contributed by atoms with Gasteiger partial charge in [-0.3, -0.25) is 0 Å². The van der Waals surface area contributed by atoms with Gasteiger partial charge in [0, 0.05) is 11.4 Å². The van der Waals surface area contributed by atoms with E-state index in [1.54, 1.807) is 6.07 Å². The summed E-state index contributed by atoms with van der Waals surface area (Å²) in [5.41, 5.74) is 0. The second kappa shape index (κ2) is 6.41. The predicted molar refractivity (Wildman–Crippen MR) is 73.4 cm³/mol. The Morgan fingerprint density at radius 1 is 1.21 bits per heavy atom. The van der Waals surface area contributed by atoms with Crippen LogP contribution in [0.3, 0.4) is 0 Å². The van der Waals surface area contributed by atoms with Crippen molar-refractivity contribution in [2.45, 2.75) is 24.0 Å². The van der Waals surface area contributed by atoms with Crippen LogP contribution < -0.4 is 0 Å². The van der Waals surface area contributed by atoms with Gasteiger partial charge in [0.1, 0.15) is 0 Å². The molecule has 0 saturated carbocycles. The third kappa shape index (κ3) is 4.07. The zero-order valence-corrected chi connectivity index (χ0v) is 12.5. The van der Waals surface area contributed by atoms with Crippen LogP contribution in [-0.4, -0.2) is 33.7 Å². The first kappa shape index (κ1) is 15.1. The Kier molecular flexibility index (Phi) is 5.09. The van der Waals surface area contributed by atoms with Crippen molar-refractivity contribution >= 4 is 33.0 Å². The van der Waals surface area contributed by atoms with Gasteiger partial charge in [-0.25, -0.2) is 8.42 Å². The lowest BCUT2D eigenvalue weighted by Gasteiger charge is -2.23. The van der Waals surface area contributed by atoms with E-state index in [1.807, 2.05) is 0 Å². The average molecular weight is 325 g/mol. The molecule has 1 aromatic rings. The van der Waals surface area contributed by atoms with Gasteiger partial charge in [0.25, 0.3) is 0 Å². The van der Waals surface area contributed by atoms with Crippen molar-refractivity contribution < 1.29 is 17.9 Å². The normalized spacial score (nSPS) is 17.6. The summed E-state index contributed by atoms with van der Waals surface area (Å²) < 4.78 is 35.0. The Labute approximate surface area is 122 Å². The number of halogens is 2. The highest BCUT2D eigenvalue weighted by Gasteiger charge is 2.22. The topological polar surface area (TPSA) is 52.6 Å². The summed E-state index contributed by atoms with van der Waals surface area (Å²) in [6, 6.07) is 4.39. The molecule has 0 aliphatic carbocycles. The zero-order chi connectivity index (χ0) is 13.9. The van der Waals surface area contributed by atoms with Gasteiger partial charge in [-0.05, 0) is 24.6 Å². The summed E-state index contributed by atoms with van der Waals surface area (Å²) in [5.74, 6) is -0.0856. The van der Waals surface area contributed by atoms with Crippen molar-refractivity contribution in [3.8, 4) is 0 Å². The van der Waals surface area contributed by atoms with E-state index in [1.165, 1.54) is 12.1 Å². The summed E-state index contributed by atoms with van der Waals surface area (Å²) in [7, 11) is -3.49. The molecule has 19 heavy (non-hydrogen) atoms. The first-order chi connectivity index (χ1) is 8.99. The molecule has 0 aromatic heterocycles. The second-order valence-corrected chi connectivity index (χ2v) is 7.13. The lowest BCUT2D eigenvalue weighted by molar-refractivity contribution is -0.178. The van der Waals surface area contributed by atoms with E-state index in [0.29, 0.717) is 18.2 Å². The third-order valence-electron chi connectivity index (χ3n) is 2.75. The van der Waals surface area contributed by atoms with Gasteiger partial charge in [0.2, 0.25) is 0 Å². The molecule has 1 saturated heterocycles. The Morgan fingerprint density at radius 3 is 2.58 bits per heavy atom. The molecule has 0 unspecified atom stereocenters. The van der Waals surface area contributed by atoms with E-state index in [-0.39, 0.29) is 22.1 Å². The summed E-state index contributed by atoms with van der Waals surface area (Å²) in [6.45, 7) is 1.20. The lowest BCUT2D eigenvalue weighted by Crippen LogP contribution is -2.27. The Morgan fingerprint density at radius 2 is 1.89 bits per heavy atom. The Bertz CT molecular complexity index is 539. The van der Waals surface area contributed by atoms with E-state index >= 15 is 0 Å². The van der Waals surface area contributed by atoms with Crippen LogP contribution in [0.2, 0.25) is 10.0 Å². The van der Waals surface area contributed by atoms with Gasteiger partial charge in [0.15, 0.2) is 16.1 Å². The molecule has 0 atom stereocenters. The molecule has 106 valence electrons. The van der Waals surface area contributed by atoms with Gasteiger partial charge in [-0.2, -0.15) is 0 Å². The van der Waals surface area contributed by atoms with E-state index in [4.69, 9.17) is 32.7 Å². The molecule has 1 aliphatic heterocycles. The SMILES string of the molecule is O=S(=O)(CCC1OCCCO1)c1cc(Cl)ccc1Cl. The maximum atomic E-state index is 12.2. The minimum absolute atomic E-state index is 0.0532. The largest absolute Gasteiger partial charge is 0.353 e. The van der Waals surface area contributed by atoms with Crippen molar-refractivity contribution in [1.82, 2.24) is 0 Å². The maximum absolute atomic E-state index is 12.2. The van der Waals surface area contributed by atoms with Crippen LogP contribution in [0.5, 0.6) is 0 Å². The molecule has 0 amide bonds. The number of ether oxygens (including phenoxy) is 2. The molecule has 0 spiro atoms. The molecule has 0 N–H and O–H groups in total. The Balaban J connectivity index is 2.07. The number of hydrogen-bond acceptors (Lipinski definition) is 4. The van der Waals surface area contributed by atoms with E-state index in [0.717, 1.165) is 6.42 Å². The molecule has 1 aliphatic rings. The van der Waals surface area contributed by atoms with Crippen molar-refractivity contribution in [3.63, 3.8) is 0 Å². The third-order valence-corrected chi connectivity index (χ3v) is 5.20. The molecular weight excluding hydrogens is 311 g/mol. The van der Waals surface area contributed by atoms with Crippen LogP contribution in [-0.2, 0) is 19.3 Å². The van der Waals surface area contributed by atoms with Crippen molar-refractivity contribution in [3.05, 3.63) is 28.2 Å². The highest BCUT2D eigenvalue weighted by atomic mass is 35.5. The van der Waals surface area contributed by atoms with Crippen LogP contribution in [0, 0.1) is 0 Å². The number of sulfone groups is 1. The highest BCUT2D eigenvalue weighted by Crippen LogP contribution is 2.26. The van der Waals surface area contributed by atoms with Crippen LogP contribution in [0.25, 0.3) is 0 Å². The molecule has 0 radical (unpaired) electrons. The number of hydrogen-bond donors (Lipinski definition) is 0. The van der Waals surface area contributed by atoms with Crippen molar-refractivity contribution in [2.75, 3.05) is 19.0 Å². The molecule has 1 heterocycles. The molecule has 1 fully saturated rings. The minimum Gasteiger partial charge on any atom is -0.353 e. The maximum Gasteiger partial charge on any atom is 0.180 e. The Hall–Kier alpha value is -0.330. The fourth-order valence-electron chi connectivity index (χ4n) is 1.78. The van der Waals surface area contributed by atoms with E-state index < -0.39 is 16.1 Å². The van der Waals surface area contributed by atoms with E-state index in [2.05, 4.69) is 0 Å². The second-order valence-electron chi connectivity index (χ2n) is 4.21. The molecule has 4 nitrogen and oxygen atoms in total. The monoisotopic (exact) mass is 324 g/mol. The number of rotatable bonds is 4. The predicted octanol–water partition coefficient (Wildman–Crippen LogP) is 2.92. The first-order valence-corrected chi connectivity index (χ1v) is 8.31. The molecule has 1 aromatic carbocycles. The fourth-order valence-corrected chi connectivity index (χ4v) is 3.88. The van der Waals surface area contributed by atoms with Crippen LogP contribution >= 0.6 is 23.2 Å². The smallest absolute Gasteiger partial charge is 0.180 e. The highest BCUT2D eigenvalue weighted by molar-refractivity contribution is 7.91. The standard InChI is InChI=1S/C12H14Cl2O4S/c13-9-2-3-10(14)11(8-9)19(15,16)7-4-12-17-5-1-6-18-12/h2-3,8,12H,1,4-7H2. The van der Waals surface area contributed by atoms with Gasteiger partial charge in [0.05, 0.1) is 28.9 Å². The summed E-state index contributed by atoms with van der Waals surface area (Å²) in [6.07, 6.45) is 0.663. The molecule has 7 heteroatoms.